The molecule has 58 valence electrons. The second-order valence-electron chi connectivity index (χ2n) is 2.04. The van der Waals surface area contributed by atoms with E-state index in [1.807, 2.05) is 6.92 Å². The molecule has 10 heavy (non-hydrogen) atoms. The van der Waals surface area contributed by atoms with E-state index in [2.05, 4.69) is 17.6 Å². The molecule has 0 aliphatic rings. The Kier molecular flexibility index (Phi) is 6.78. The van der Waals surface area contributed by atoms with Gasteiger partial charge in [0.25, 0.3) is 0 Å². The first kappa shape index (κ1) is 9.80. The van der Waals surface area contributed by atoms with Crippen LogP contribution in [0.25, 0.3) is 0 Å². The molecule has 0 aliphatic carbocycles. The van der Waals surface area contributed by atoms with Crippen LogP contribution in [0.2, 0.25) is 0 Å². The second kappa shape index (κ2) is 6.91. The van der Waals surface area contributed by atoms with Crippen molar-refractivity contribution in [1.29, 1.82) is 5.26 Å². The van der Waals surface area contributed by atoms with Crippen LogP contribution in [0, 0.1) is 11.3 Å². The monoisotopic (exact) mass is 158 g/mol. The fourth-order valence-corrected chi connectivity index (χ4v) is 0.938. The SMILES string of the molecule is CCC(C#N)NCCSC. The Hall–Kier alpha value is -0.200. The predicted octanol–water partition coefficient (Wildman–Crippen LogP) is 1.24. The predicted molar refractivity (Wildman–Crippen MR) is 46.1 cm³/mol. The van der Waals surface area contributed by atoms with E-state index in [-0.39, 0.29) is 6.04 Å². The molecular formula is C7H14N2S. The normalized spacial score (nSPS) is 12.5. The summed E-state index contributed by atoms with van der Waals surface area (Å²) in [5.41, 5.74) is 0. The van der Waals surface area contributed by atoms with E-state index in [1.54, 1.807) is 11.8 Å². The average molecular weight is 158 g/mol. The second-order valence-corrected chi connectivity index (χ2v) is 3.02. The lowest BCUT2D eigenvalue weighted by Gasteiger charge is -2.06. The highest BCUT2D eigenvalue weighted by Crippen LogP contribution is 1.91. The highest BCUT2D eigenvalue weighted by Gasteiger charge is 1.99. The third kappa shape index (κ3) is 4.66. The van der Waals surface area contributed by atoms with Crippen LogP contribution in [-0.4, -0.2) is 24.6 Å². The first-order valence-corrected chi connectivity index (χ1v) is 4.86. The van der Waals surface area contributed by atoms with Gasteiger partial charge in [-0.1, -0.05) is 6.92 Å². The summed E-state index contributed by atoms with van der Waals surface area (Å²) in [6.45, 7) is 2.95. The Morgan fingerprint density at radius 3 is 2.80 bits per heavy atom. The zero-order chi connectivity index (χ0) is 7.82. The standard InChI is InChI=1S/C7H14N2S/c1-3-7(6-8)9-4-5-10-2/h7,9H,3-5H2,1-2H3. The molecule has 0 aromatic rings. The maximum Gasteiger partial charge on any atom is 0.0950 e. The molecular weight excluding hydrogens is 144 g/mol. The topological polar surface area (TPSA) is 35.8 Å². The lowest BCUT2D eigenvalue weighted by molar-refractivity contribution is 0.612. The highest BCUT2D eigenvalue weighted by atomic mass is 32.2. The Morgan fingerprint density at radius 2 is 2.40 bits per heavy atom. The van der Waals surface area contributed by atoms with Crippen LogP contribution in [-0.2, 0) is 0 Å². The molecule has 0 saturated heterocycles. The van der Waals surface area contributed by atoms with E-state index < -0.39 is 0 Å². The smallest absolute Gasteiger partial charge is 0.0950 e. The summed E-state index contributed by atoms with van der Waals surface area (Å²) in [6.07, 6.45) is 2.96. The van der Waals surface area contributed by atoms with Crippen molar-refractivity contribution in [1.82, 2.24) is 5.32 Å². The number of hydrogen-bond donors (Lipinski definition) is 1. The van der Waals surface area contributed by atoms with Crippen LogP contribution in [0.15, 0.2) is 0 Å². The summed E-state index contributed by atoms with van der Waals surface area (Å²) in [5.74, 6) is 1.08. The molecule has 0 aromatic heterocycles. The molecule has 0 rings (SSSR count). The van der Waals surface area contributed by atoms with Crippen molar-refractivity contribution in [2.24, 2.45) is 0 Å². The quantitative estimate of drug-likeness (QED) is 0.611. The Morgan fingerprint density at radius 1 is 1.70 bits per heavy atom. The van der Waals surface area contributed by atoms with Crippen molar-refractivity contribution in [3.8, 4) is 6.07 Å². The number of thioether (sulfide) groups is 1. The number of nitriles is 1. The van der Waals surface area contributed by atoms with Gasteiger partial charge in [-0.2, -0.15) is 17.0 Å². The lowest BCUT2D eigenvalue weighted by Crippen LogP contribution is -2.28. The van der Waals surface area contributed by atoms with Crippen molar-refractivity contribution >= 4 is 11.8 Å². The molecule has 1 atom stereocenters. The van der Waals surface area contributed by atoms with E-state index >= 15 is 0 Å². The van der Waals surface area contributed by atoms with E-state index in [4.69, 9.17) is 5.26 Å². The summed E-state index contributed by atoms with van der Waals surface area (Å²) >= 11 is 1.79. The highest BCUT2D eigenvalue weighted by molar-refractivity contribution is 7.98. The Balaban J connectivity index is 3.20. The molecule has 0 spiro atoms. The van der Waals surface area contributed by atoms with E-state index in [9.17, 15) is 0 Å². The molecule has 0 amide bonds. The van der Waals surface area contributed by atoms with Gasteiger partial charge in [0.1, 0.15) is 0 Å². The summed E-state index contributed by atoms with van der Waals surface area (Å²) in [6, 6.07) is 2.24. The third-order valence-corrected chi connectivity index (χ3v) is 1.87. The lowest BCUT2D eigenvalue weighted by atomic mass is 10.2. The van der Waals surface area contributed by atoms with Gasteiger partial charge in [0.05, 0.1) is 12.1 Å². The molecule has 1 unspecified atom stereocenters. The van der Waals surface area contributed by atoms with Crippen LogP contribution in [0.5, 0.6) is 0 Å². The van der Waals surface area contributed by atoms with Crippen LogP contribution >= 0.6 is 11.8 Å². The number of nitrogens with zero attached hydrogens (tertiary/aromatic N) is 1. The molecule has 0 saturated carbocycles. The van der Waals surface area contributed by atoms with Gasteiger partial charge in [0, 0.05) is 12.3 Å². The maximum atomic E-state index is 8.51. The molecule has 0 bridgehead atoms. The molecule has 0 fully saturated rings. The largest absolute Gasteiger partial charge is 0.301 e. The average Bonchev–Trinajstić information content (AvgIpc) is 1.99. The molecule has 3 heteroatoms. The minimum absolute atomic E-state index is 0.0483. The van der Waals surface area contributed by atoms with Gasteiger partial charge < -0.3 is 5.32 Å². The van der Waals surface area contributed by atoms with Gasteiger partial charge in [-0.05, 0) is 12.7 Å². The van der Waals surface area contributed by atoms with E-state index in [0.29, 0.717) is 0 Å². The molecule has 2 nitrogen and oxygen atoms in total. The summed E-state index contributed by atoms with van der Waals surface area (Å²) in [4.78, 5) is 0. The summed E-state index contributed by atoms with van der Waals surface area (Å²) < 4.78 is 0. The van der Waals surface area contributed by atoms with Crippen molar-refractivity contribution in [2.75, 3.05) is 18.6 Å². The van der Waals surface area contributed by atoms with Gasteiger partial charge in [-0.25, -0.2) is 0 Å². The summed E-state index contributed by atoms with van der Waals surface area (Å²) in [5, 5.41) is 11.6. The van der Waals surface area contributed by atoms with Crippen LogP contribution in [0.1, 0.15) is 13.3 Å². The Labute approximate surface area is 67.0 Å². The number of hydrogen-bond acceptors (Lipinski definition) is 3. The van der Waals surface area contributed by atoms with Crippen molar-refractivity contribution in [3.63, 3.8) is 0 Å². The zero-order valence-electron chi connectivity index (χ0n) is 6.55. The first-order valence-electron chi connectivity index (χ1n) is 3.47. The molecule has 0 aliphatic heterocycles. The van der Waals surface area contributed by atoms with Crippen LogP contribution < -0.4 is 5.32 Å². The third-order valence-electron chi connectivity index (χ3n) is 1.26. The van der Waals surface area contributed by atoms with Crippen molar-refractivity contribution in [2.45, 2.75) is 19.4 Å². The number of rotatable bonds is 5. The fraction of sp³-hybridized carbons (Fsp3) is 0.857. The molecule has 1 N–H and O–H groups in total. The summed E-state index contributed by atoms with van der Waals surface area (Å²) in [7, 11) is 0. The Bertz CT molecular complexity index is 109. The van der Waals surface area contributed by atoms with Crippen molar-refractivity contribution < 1.29 is 0 Å². The van der Waals surface area contributed by atoms with Gasteiger partial charge in [0.2, 0.25) is 0 Å². The van der Waals surface area contributed by atoms with Gasteiger partial charge in [-0.3, -0.25) is 0 Å². The van der Waals surface area contributed by atoms with Gasteiger partial charge in [-0.15, -0.1) is 0 Å². The molecule has 0 heterocycles. The van der Waals surface area contributed by atoms with Crippen LogP contribution in [0.4, 0.5) is 0 Å². The number of nitrogens with one attached hydrogen (secondary N) is 1. The van der Waals surface area contributed by atoms with Crippen molar-refractivity contribution in [3.05, 3.63) is 0 Å². The minimum atomic E-state index is 0.0483. The van der Waals surface area contributed by atoms with Crippen LogP contribution in [0.3, 0.4) is 0 Å². The first-order chi connectivity index (χ1) is 4.85. The van der Waals surface area contributed by atoms with Gasteiger partial charge >= 0.3 is 0 Å². The van der Waals surface area contributed by atoms with Gasteiger partial charge in [0.15, 0.2) is 0 Å². The molecule has 0 aromatic carbocycles. The minimum Gasteiger partial charge on any atom is -0.301 e. The van der Waals surface area contributed by atoms with E-state index in [1.165, 1.54) is 0 Å². The fourth-order valence-electron chi connectivity index (χ4n) is 0.616. The maximum absolute atomic E-state index is 8.51. The molecule has 0 radical (unpaired) electrons. The van der Waals surface area contributed by atoms with E-state index in [0.717, 1.165) is 18.7 Å². The zero-order valence-corrected chi connectivity index (χ0v) is 7.37.